The Hall–Kier alpha value is -1.67. The molecule has 0 spiro atoms. The first-order valence-electron chi connectivity index (χ1n) is 3.78. The van der Waals surface area contributed by atoms with Crippen LogP contribution >= 0.6 is 34.3 Å². The topological polar surface area (TPSA) is 99.4 Å². The van der Waals surface area contributed by atoms with Crippen LogP contribution in [0.4, 0.5) is 5.13 Å². The van der Waals surface area contributed by atoms with Crippen molar-refractivity contribution in [2.45, 2.75) is 7.43 Å². The van der Waals surface area contributed by atoms with Crippen molar-refractivity contribution in [1.82, 2.24) is 9.97 Å². The molecule has 0 radical (unpaired) electrons. The van der Waals surface area contributed by atoms with Gasteiger partial charge in [-0.3, -0.25) is 0 Å². The van der Waals surface area contributed by atoms with E-state index < -0.39 is 0 Å². The highest BCUT2D eigenvalue weighted by Crippen LogP contribution is 2.15. The lowest BCUT2D eigenvalue weighted by atomic mass is 10.6. The predicted octanol–water partition coefficient (Wildman–Crippen LogP) is 2.90. The van der Waals surface area contributed by atoms with Gasteiger partial charge in [-0.25, -0.2) is 9.97 Å². The van der Waals surface area contributed by atoms with Gasteiger partial charge in [0.1, 0.15) is 21.9 Å². The highest BCUT2D eigenvalue weighted by Gasteiger charge is 1.94. The molecule has 0 saturated heterocycles. The molecular weight excluding hydrogens is 278 g/mol. The normalized spacial score (nSPS) is 7.94. The summed E-state index contributed by atoms with van der Waals surface area (Å²) in [6.07, 6.45) is 2.91. The second kappa shape index (κ2) is 7.58. The van der Waals surface area contributed by atoms with Gasteiger partial charge in [0.2, 0.25) is 0 Å². The van der Waals surface area contributed by atoms with Gasteiger partial charge in [0.15, 0.2) is 9.60 Å². The van der Waals surface area contributed by atoms with Gasteiger partial charge in [0.25, 0.3) is 0 Å². The molecule has 0 aliphatic carbocycles. The van der Waals surface area contributed by atoms with Crippen LogP contribution in [-0.4, -0.2) is 9.97 Å². The van der Waals surface area contributed by atoms with E-state index >= 15 is 0 Å². The summed E-state index contributed by atoms with van der Waals surface area (Å²) in [4.78, 5) is 8.42. The minimum absolute atomic E-state index is 0. The largest absolute Gasteiger partial charge is 0.375 e. The number of nitrogens with two attached hydrogens (primary N) is 1. The van der Waals surface area contributed by atoms with E-state index in [9.17, 15) is 0 Å². The van der Waals surface area contributed by atoms with Gasteiger partial charge in [-0.05, 0) is 0 Å². The van der Waals surface area contributed by atoms with Gasteiger partial charge in [0.05, 0.1) is 12.4 Å². The Morgan fingerprint density at radius 3 is 1.88 bits per heavy atom. The zero-order valence-electron chi connectivity index (χ0n) is 7.72. The van der Waals surface area contributed by atoms with E-state index in [0.29, 0.717) is 19.4 Å². The third-order valence-electron chi connectivity index (χ3n) is 1.22. The molecule has 0 unspecified atom stereocenters. The molecule has 17 heavy (non-hydrogen) atoms. The van der Waals surface area contributed by atoms with E-state index in [1.54, 1.807) is 0 Å². The molecule has 2 rings (SSSR count). The molecule has 0 atom stereocenters. The average Bonchev–Trinajstić information content (AvgIpc) is 2.88. The molecule has 0 bridgehead atoms. The Morgan fingerprint density at radius 2 is 1.65 bits per heavy atom. The number of halogens is 1. The van der Waals surface area contributed by atoms with E-state index in [4.69, 9.17) is 27.9 Å². The number of nitrogens with zero attached hydrogens (tertiary/aromatic N) is 4. The predicted molar refractivity (Wildman–Crippen MR) is 69.8 cm³/mol. The summed E-state index contributed by atoms with van der Waals surface area (Å²) in [5, 5.41) is 16.9. The zero-order valence-corrected chi connectivity index (χ0v) is 10.1. The molecule has 0 aliphatic rings. The average molecular weight is 286 g/mol. The number of hydrogen-bond acceptors (Lipinski definition) is 7. The van der Waals surface area contributed by atoms with Crippen LogP contribution in [0, 0.1) is 22.7 Å². The molecular formula is C9H8ClN5S2. The molecule has 88 valence electrons. The van der Waals surface area contributed by atoms with E-state index in [1.807, 2.05) is 12.1 Å². The van der Waals surface area contributed by atoms with Gasteiger partial charge in [-0.1, -0.05) is 41.7 Å². The van der Waals surface area contributed by atoms with Gasteiger partial charge in [0, 0.05) is 0 Å². The molecule has 2 aromatic heterocycles. The maximum atomic E-state index is 8.22. The van der Waals surface area contributed by atoms with Crippen LogP contribution in [-0.2, 0) is 0 Å². The summed E-state index contributed by atoms with van der Waals surface area (Å²) >= 11 is 7.77. The van der Waals surface area contributed by atoms with E-state index in [1.165, 1.54) is 35.1 Å². The minimum Gasteiger partial charge on any atom is -0.375 e. The maximum absolute atomic E-state index is 8.22. The molecule has 8 heteroatoms. The number of rotatable bonds is 0. The molecule has 0 amide bonds. The second-order valence-electron chi connectivity index (χ2n) is 2.26. The summed E-state index contributed by atoms with van der Waals surface area (Å²) in [7, 11) is 0. The first-order chi connectivity index (χ1) is 7.65. The summed E-state index contributed by atoms with van der Waals surface area (Å²) in [6.45, 7) is 0. The second-order valence-corrected chi connectivity index (χ2v) is 4.94. The van der Waals surface area contributed by atoms with Crippen molar-refractivity contribution in [3.05, 3.63) is 26.6 Å². The van der Waals surface area contributed by atoms with Crippen molar-refractivity contribution in [3.63, 3.8) is 0 Å². The Kier molecular flexibility index (Phi) is 6.83. The van der Waals surface area contributed by atoms with Crippen molar-refractivity contribution in [2.24, 2.45) is 0 Å². The van der Waals surface area contributed by atoms with Crippen LogP contribution in [0.15, 0.2) is 12.4 Å². The lowest BCUT2D eigenvalue weighted by Crippen LogP contribution is -1.77. The van der Waals surface area contributed by atoms with Crippen LogP contribution in [0.1, 0.15) is 17.2 Å². The number of aromatic nitrogens is 2. The van der Waals surface area contributed by atoms with Crippen molar-refractivity contribution in [2.75, 3.05) is 5.73 Å². The SMILES string of the molecule is C.N#Cc1cnc(Cl)s1.N#Cc1cnc(N)s1. The van der Waals surface area contributed by atoms with E-state index in [-0.39, 0.29) is 7.43 Å². The van der Waals surface area contributed by atoms with Crippen molar-refractivity contribution >= 4 is 39.4 Å². The molecule has 5 nitrogen and oxygen atoms in total. The number of nitriles is 2. The third kappa shape index (κ3) is 5.27. The fraction of sp³-hybridized carbons (Fsp3) is 0.111. The zero-order chi connectivity index (χ0) is 12.0. The lowest BCUT2D eigenvalue weighted by Gasteiger charge is -1.68. The minimum atomic E-state index is 0. The Bertz CT molecular complexity index is 498. The fourth-order valence-electron chi connectivity index (χ4n) is 0.644. The standard InChI is InChI=1S/C4HClN2S.C4H3N3S.CH4/c5-4-7-2-3(1-6)8-4;5-1-3-2-7-4(6)8-3;/h2H;2H,(H2,6,7);1H4. The third-order valence-corrected chi connectivity index (χ3v) is 2.97. The summed E-state index contributed by atoms with van der Waals surface area (Å²) in [5.74, 6) is 0. The van der Waals surface area contributed by atoms with Crippen LogP contribution in [0.2, 0.25) is 4.47 Å². The van der Waals surface area contributed by atoms with E-state index in [2.05, 4.69) is 9.97 Å². The highest BCUT2D eigenvalue weighted by molar-refractivity contribution is 7.16. The number of anilines is 1. The Labute approximate surface area is 112 Å². The van der Waals surface area contributed by atoms with Gasteiger partial charge in [-0.2, -0.15) is 10.5 Å². The van der Waals surface area contributed by atoms with Crippen molar-refractivity contribution < 1.29 is 0 Å². The molecule has 0 saturated carbocycles. The number of nitrogen functional groups attached to an aromatic ring is 1. The Balaban J connectivity index is 0.000000284. The van der Waals surface area contributed by atoms with E-state index in [0.717, 1.165) is 0 Å². The quantitative estimate of drug-likeness (QED) is 0.802. The molecule has 0 aliphatic heterocycles. The fourth-order valence-corrected chi connectivity index (χ4v) is 1.86. The molecule has 0 fully saturated rings. The van der Waals surface area contributed by atoms with Gasteiger partial charge < -0.3 is 5.73 Å². The molecule has 0 aromatic carbocycles. The summed E-state index contributed by atoms with van der Waals surface area (Å²) in [6, 6.07) is 3.84. The first kappa shape index (κ1) is 15.3. The first-order valence-corrected chi connectivity index (χ1v) is 5.79. The number of hydrogen-bond donors (Lipinski definition) is 1. The lowest BCUT2D eigenvalue weighted by molar-refractivity contribution is 1.40. The van der Waals surface area contributed by atoms with Gasteiger partial charge >= 0.3 is 0 Å². The van der Waals surface area contributed by atoms with Crippen LogP contribution in [0.3, 0.4) is 0 Å². The molecule has 2 aromatic rings. The van der Waals surface area contributed by atoms with Crippen LogP contribution in [0.5, 0.6) is 0 Å². The van der Waals surface area contributed by atoms with Crippen molar-refractivity contribution in [3.8, 4) is 12.1 Å². The van der Waals surface area contributed by atoms with Crippen LogP contribution in [0.25, 0.3) is 0 Å². The van der Waals surface area contributed by atoms with Crippen molar-refractivity contribution in [1.29, 1.82) is 10.5 Å². The van der Waals surface area contributed by atoms with Gasteiger partial charge in [-0.15, -0.1) is 0 Å². The molecule has 2 N–H and O–H groups in total. The number of thiazole rings is 2. The Morgan fingerprint density at radius 1 is 1.12 bits per heavy atom. The molecule has 2 heterocycles. The monoisotopic (exact) mass is 285 g/mol. The summed E-state index contributed by atoms with van der Waals surface area (Å²) in [5.41, 5.74) is 5.21. The highest BCUT2D eigenvalue weighted by atomic mass is 35.5. The smallest absolute Gasteiger partial charge is 0.184 e. The summed E-state index contributed by atoms with van der Waals surface area (Å²) < 4.78 is 0.418. The maximum Gasteiger partial charge on any atom is 0.184 e. The van der Waals surface area contributed by atoms with Crippen LogP contribution < -0.4 is 5.73 Å².